The minimum atomic E-state index is -0.743. The number of benzene rings is 1. The number of hydroxylamine groups is 1. The van der Waals surface area contributed by atoms with Gasteiger partial charge in [-0.15, -0.1) is 0 Å². The predicted octanol–water partition coefficient (Wildman–Crippen LogP) is 0.666. The van der Waals surface area contributed by atoms with Crippen LogP contribution >= 0.6 is 0 Å². The molecule has 0 bridgehead atoms. The molecule has 3 N–H and O–H groups in total. The highest BCUT2D eigenvalue weighted by Gasteiger charge is 2.44. The minimum absolute atomic E-state index is 0.101. The number of methoxy groups -OCH3 is 1. The third-order valence-electron chi connectivity index (χ3n) is 7.29. The van der Waals surface area contributed by atoms with Crippen LogP contribution in [-0.2, 0) is 14.3 Å². The molecule has 0 saturated carbocycles. The van der Waals surface area contributed by atoms with E-state index in [1.165, 1.54) is 17.7 Å². The molecule has 3 saturated heterocycles. The summed E-state index contributed by atoms with van der Waals surface area (Å²) in [4.78, 5) is 42.8. The normalized spacial score (nSPS) is 27.9. The van der Waals surface area contributed by atoms with Gasteiger partial charge in [-0.25, -0.2) is 10.3 Å². The van der Waals surface area contributed by atoms with Gasteiger partial charge in [0.05, 0.1) is 13.2 Å². The highest BCUT2D eigenvalue weighted by molar-refractivity contribution is 5.85. The van der Waals surface area contributed by atoms with Crippen molar-refractivity contribution in [2.75, 3.05) is 51.3 Å². The lowest BCUT2D eigenvalue weighted by molar-refractivity contribution is -0.134. The molecule has 0 aromatic heterocycles. The standard InChI is InChI=1S/C23H33N5O5/c1-33-23(31)28-15-17(13-20(28)21(29)25-32)16-7-8-19(24-14-16)22(30)27-11-9-26(10-12-27)18-5-3-2-4-6-18/h2-6,16-17,19-20,24,32H,7-15H2,1H3,(H,25,29)/t16?,17-,19+,20+/m1/s1. The maximum atomic E-state index is 13.1. The van der Waals surface area contributed by atoms with E-state index in [0.717, 1.165) is 25.9 Å². The third kappa shape index (κ3) is 5.06. The molecule has 3 heterocycles. The fourth-order valence-corrected chi connectivity index (χ4v) is 5.39. The van der Waals surface area contributed by atoms with Gasteiger partial charge < -0.3 is 19.9 Å². The largest absolute Gasteiger partial charge is 0.453 e. The summed E-state index contributed by atoms with van der Waals surface area (Å²) in [7, 11) is 1.28. The number of hydrogen-bond donors (Lipinski definition) is 3. The molecule has 4 rings (SSSR count). The van der Waals surface area contributed by atoms with E-state index in [0.29, 0.717) is 32.6 Å². The van der Waals surface area contributed by atoms with E-state index in [9.17, 15) is 14.4 Å². The SMILES string of the molecule is COC(=O)N1C[C@H](C2CC[C@@H](C(=O)N3CCN(c4ccccc4)CC3)NC2)C[C@H]1C(=O)NO. The molecular formula is C23H33N5O5. The Bertz CT molecular complexity index is 813. The van der Waals surface area contributed by atoms with Crippen LogP contribution in [-0.4, -0.2) is 91.4 Å². The summed E-state index contributed by atoms with van der Waals surface area (Å²) in [6.07, 6.45) is 1.47. The molecule has 0 aliphatic carbocycles. The van der Waals surface area contributed by atoms with Crippen LogP contribution in [0.2, 0.25) is 0 Å². The zero-order valence-electron chi connectivity index (χ0n) is 19.0. The van der Waals surface area contributed by atoms with Crippen LogP contribution in [0.5, 0.6) is 0 Å². The van der Waals surface area contributed by atoms with Gasteiger partial charge in [-0.2, -0.15) is 0 Å². The van der Waals surface area contributed by atoms with Gasteiger partial charge in [-0.05, 0) is 49.8 Å². The van der Waals surface area contributed by atoms with Crippen molar-refractivity contribution in [2.45, 2.75) is 31.3 Å². The molecule has 3 fully saturated rings. The molecule has 4 atom stereocenters. The number of carbonyl (C=O) groups is 3. The lowest BCUT2D eigenvalue weighted by Crippen LogP contribution is -2.56. The summed E-state index contributed by atoms with van der Waals surface area (Å²) in [6.45, 7) is 4.13. The number of ether oxygens (including phenoxy) is 1. The Labute approximate surface area is 193 Å². The topological polar surface area (TPSA) is 114 Å². The van der Waals surface area contributed by atoms with Gasteiger partial charge >= 0.3 is 6.09 Å². The van der Waals surface area contributed by atoms with Crippen LogP contribution in [0, 0.1) is 11.8 Å². The Morgan fingerprint density at radius 1 is 1.06 bits per heavy atom. The molecule has 3 aliphatic heterocycles. The Morgan fingerprint density at radius 3 is 2.39 bits per heavy atom. The van der Waals surface area contributed by atoms with E-state index in [4.69, 9.17) is 9.94 Å². The van der Waals surface area contributed by atoms with Gasteiger partial charge in [0.2, 0.25) is 5.91 Å². The van der Waals surface area contributed by atoms with Crippen LogP contribution < -0.4 is 15.7 Å². The maximum absolute atomic E-state index is 13.1. The van der Waals surface area contributed by atoms with Gasteiger partial charge in [0, 0.05) is 38.4 Å². The summed E-state index contributed by atoms with van der Waals surface area (Å²) in [5, 5.41) is 12.4. The summed E-state index contributed by atoms with van der Waals surface area (Å²) in [5.41, 5.74) is 2.84. The van der Waals surface area contributed by atoms with Crippen LogP contribution in [0.25, 0.3) is 0 Å². The lowest BCUT2D eigenvalue weighted by Gasteiger charge is -2.39. The minimum Gasteiger partial charge on any atom is -0.453 e. The predicted molar refractivity (Wildman–Crippen MR) is 121 cm³/mol. The van der Waals surface area contributed by atoms with Crippen molar-refractivity contribution in [2.24, 2.45) is 11.8 Å². The molecule has 33 heavy (non-hydrogen) atoms. The Kier molecular flexibility index (Phi) is 7.34. The second-order valence-electron chi connectivity index (χ2n) is 9.06. The molecule has 0 radical (unpaired) electrons. The Balaban J connectivity index is 1.27. The number of para-hydroxylation sites is 1. The average Bonchev–Trinajstić information content (AvgIpc) is 3.33. The van der Waals surface area contributed by atoms with Crippen LogP contribution in [0.4, 0.5) is 10.5 Å². The number of nitrogens with one attached hydrogen (secondary N) is 2. The first kappa shape index (κ1) is 23.3. The Hall–Kier alpha value is -2.85. The van der Waals surface area contributed by atoms with Gasteiger partial charge in [0.1, 0.15) is 6.04 Å². The first-order chi connectivity index (χ1) is 16.0. The van der Waals surface area contributed by atoms with E-state index in [1.807, 2.05) is 23.1 Å². The molecule has 0 spiro atoms. The second-order valence-corrected chi connectivity index (χ2v) is 9.06. The van der Waals surface area contributed by atoms with Crippen molar-refractivity contribution in [3.63, 3.8) is 0 Å². The third-order valence-corrected chi connectivity index (χ3v) is 7.29. The van der Waals surface area contributed by atoms with E-state index in [-0.39, 0.29) is 23.8 Å². The second kappa shape index (κ2) is 10.4. The average molecular weight is 460 g/mol. The van der Waals surface area contributed by atoms with Gasteiger partial charge in [0.25, 0.3) is 5.91 Å². The van der Waals surface area contributed by atoms with Crippen molar-refractivity contribution < 1.29 is 24.3 Å². The number of anilines is 1. The van der Waals surface area contributed by atoms with Crippen molar-refractivity contribution in [1.82, 2.24) is 20.6 Å². The number of likely N-dealkylation sites (tertiary alicyclic amines) is 1. The number of amides is 3. The first-order valence-electron chi connectivity index (χ1n) is 11.6. The fourth-order valence-electron chi connectivity index (χ4n) is 5.39. The maximum Gasteiger partial charge on any atom is 0.410 e. The fraction of sp³-hybridized carbons (Fsp3) is 0.609. The number of piperazine rings is 1. The molecule has 180 valence electrons. The number of rotatable bonds is 4. The van der Waals surface area contributed by atoms with Crippen LogP contribution in [0.3, 0.4) is 0 Å². The van der Waals surface area contributed by atoms with Gasteiger partial charge in [-0.1, -0.05) is 18.2 Å². The lowest BCUT2D eigenvalue weighted by atomic mass is 9.82. The number of nitrogens with zero attached hydrogens (tertiary/aromatic N) is 3. The molecule has 1 aromatic carbocycles. The van der Waals surface area contributed by atoms with Crippen molar-refractivity contribution >= 4 is 23.6 Å². The van der Waals surface area contributed by atoms with Crippen LogP contribution in [0.15, 0.2) is 30.3 Å². The smallest absolute Gasteiger partial charge is 0.410 e. The number of carbonyl (C=O) groups excluding carboxylic acids is 3. The summed E-state index contributed by atoms with van der Waals surface area (Å²) < 4.78 is 4.80. The highest BCUT2D eigenvalue weighted by Crippen LogP contribution is 2.34. The van der Waals surface area contributed by atoms with E-state index < -0.39 is 18.0 Å². The highest BCUT2D eigenvalue weighted by atomic mass is 16.5. The van der Waals surface area contributed by atoms with Gasteiger partial charge in [-0.3, -0.25) is 19.7 Å². The first-order valence-corrected chi connectivity index (χ1v) is 11.6. The molecule has 1 aromatic rings. The molecule has 10 heteroatoms. The van der Waals surface area contributed by atoms with Crippen molar-refractivity contribution in [1.29, 1.82) is 0 Å². The molecule has 1 unspecified atom stereocenters. The number of piperidine rings is 1. The van der Waals surface area contributed by atoms with E-state index >= 15 is 0 Å². The number of hydrogen-bond acceptors (Lipinski definition) is 7. The molecule has 10 nitrogen and oxygen atoms in total. The quantitative estimate of drug-likeness (QED) is 0.448. The summed E-state index contributed by atoms with van der Waals surface area (Å²) in [6, 6.07) is 9.32. The van der Waals surface area contributed by atoms with E-state index in [1.54, 1.807) is 5.48 Å². The monoisotopic (exact) mass is 459 g/mol. The summed E-state index contributed by atoms with van der Waals surface area (Å²) >= 11 is 0. The molecule has 3 aliphatic rings. The summed E-state index contributed by atoms with van der Waals surface area (Å²) in [5.74, 6) is -0.104. The molecular weight excluding hydrogens is 426 g/mol. The van der Waals surface area contributed by atoms with Gasteiger partial charge in [0.15, 0.2) is 0 Å². The van der Waals surface area contributed by atoms with Crippen LogP contribution in [0.1, 0.15) is 19.3 Å². The Morgan fingerprint density at radius 2 is 1.79 bits per heavy atom. The zero-order chi connectivity index (χ0) is 23.4. The van der Waals surface area contributed by atoms with Crippen molar-refractivity contribution in [3.8, 4) is 0 Å². The zero-order valence-corrected chi connectivity index (χ0v) is 19.0. The van der Waals surface area contributed by atoms with Crippen molar-refractivity contribution in [3.05, 3.63) is 30.3 Å². The molecule has 3 amide bonds. The van der Waals surface area contributed by atoms with E-state index in [2.05, 4.69) is 22.3 Å².